The van der Waals surface area contributed by atoms with Gasteiger partial charge in [0.05, 0.1) is 0 Å². The smallest absolute Gasteiger partial charge is 0.249 e. The summed E-state index contributed by atoms with van der Waals surface area (Å²) >= 11 is 0. The highest BCUT2D eigenvalue weighted by Crippen LogP contribution is 2.34. The largest absolute Gasteiger partial charge is 0.337 e. The van der Waals surface area contributed by atoms with Crippen molar-refractivity contribution in [1.82, 2.24) is 15.0 Å². The van der Waals surface area contributed by atoms with Crippen molar-refractivity contribution in [2.24, 2.45) is 0 Å². The van der Waals surface area contributed by atoms with Crippen molar-refractivity contribution in [3.8, 4) is 11.4 Å². The van der Waals surface area contributed by atoms with Gasteiger partial charge >= 0.3 is 0 Å². The summed E-state index contributed by atoms with van der Waals surface area (Å²) in [5.74, 6) is 0.439. The fourth-order valence-corrected chi connectivity index (χ4v) is 3.40. The highest BCUT2D eigenvalue weighted by Gasteiger charge is 2.36. The van der Waals surface area contributed by atoms with E-state index < -0.39 is 0 Å². The van der Waals surface area contributed by atoms with E-state index in [9.17, 15) is 9.18 Å². The highest BCUT2D eigenvalue weighted by molar-refractivity contribution is 5.78. The molecule has 4 rings (SSSR count). The first-order valence-electron chi connectivity index (χ1n) is 8.96. The number of rotatable bonds is 4. The molecule has 1 aromatic heterocycles. The van der Waals surface area contributed by atoms with Crippen LogP contribution in [0.3, 0.4) is 0 Å². The summed E-state index contributed by atoms with van der Waals surface area (Å²) in [7, 11) is 0. The van der Waals surface area contributed by atoms with Crippen LogP contribution < -0.4 is 0 Å². The zero-order chi connectivity index (χ0) is 19.0. The Labute approximate surface area is 156 Å². The number of amides is 1. The van der Waals surface area contributed by atoms with Gasteiger partial charge in [0, 0.05) is 18.5 Å². The standard InChI is InChI=1S/C21H20FN3O2/c1-13-6-7-15(10-14(13)2)12-25-18(8-9-19(25)26)21-23-20(24-27-21)16-4-3-5-17(22)11-16/h3-7,10-11,18H,8-9,12H2,1-2H3. The van der Waals surface area contributed by atoms with Crippen molar-refractivity contribution in [3.63, 3.8) is 0 Å². The van der Waals surface area contributed by atoms with Crippen LogP contribution in [0.25, 0.3) is 11.4 Å². The van der Waals surface area contributed by atoms with Gasteiger partial charge in [-0.2, -0.15) is 4.98 Å². The van der Waals surface area contributed by atoms with Crippen molar-refractivity contribution >= 4 is 5.91 Å². The van der Waals surface area contributed by atoms with Crippen LogP contribution in [0.5, 0.6) is 0 Å². The Morgan fingerprint density at radius 1 is 1.19 bits per heavy atom. The summed E-state index contributed by atoms with van der Waals surface area (Å²) in [6.07, 6.45) is 1.08. The second-order valence-corrected chi connectivity index (χ2v) is 6.96. The number of halogens is 1. The number of nitrogens with zero attached hydrogens (tertiary/aromatic N) is 3. The molecule has 1 aliphatic heterocycles. The zero-order valence-corrected chi connectivity index (χ0v) is 15.3. The van der Waals surface area contributed by atoms with Gasteiger partial charge in [0.25, 0.3) is 0 Å². The maximum absolute atomic E-state index is 13.4. The van der Waals surface area contributed by atoms with E-state index in [4.69, 9.17) is 4.52 Å². The summed E-state index contributed by atoms with van der Waals surface area (Å²) in [5, 5.41) is 3.97. The number of aromatic nitrogens is 2. The summed E-state index contributed by atoms with van der Waals surface area (Å²) < 4.78 is 18.9. The van der Waals surface area contributed by atoms with Crippen LogP contribution in [0, 0.1) is 19.7 Å². The van der Waals surface area contributed by atoms with Crippen molar-refractivity contribution < 1.29 is 13.7 Å². The topological polar surface area (TPSA) is 59.2 Å². The molecule has 0 aliphatic carbocycles. The number of carbonyl (C=O) groups is 1. The highest BCUT2D eigenvalue weighted by atomic mass is 19.1. The number of benzene rings is 2. The predicted molar refractivity (Wildman–Crippen MR) is 98.1 cm³/mol. The van der Waals surface area contributed by atoms with Gasteiger partial charge in [-0.3, -0.25) is 4.79 Å². The molecule has 0 N–H and O–H groups in total. The minimum Gasteiger partial charge on any atom is -0.337 e. The van der Waals surface area contributed by atoms with Crippen LogP contribution in [0.15, 0.2) is 47.0 Å². The van der Waals surface area contributed by atoms with Crippen LogP contribution in [-0.4, -0.2) is 20.9 Å². The minimum atomic E-state index is -0.355. The third-order valence-corrected chi connectivity index (χ3v) is 5.06. The second-order valence-electron chi connectivity index (χ2n) is 6.96. The van der Waals surface area contributed by atoms with E-state index >= 15 is 0 Å². The van der Waals surface area contributed by atoms with E-state index in [1.165, 1.54) is 23.3 Å². The normalized spacial score (nSPS) is 16.9. The molecule has 3 aromatic rings. The average molecular weight is 365 g/mol. The molecule has 1 saturated heterocycles. The maximum atomic E-state index is 13.4. The summed E-state index contributed by atoms with van der Waals surface area (Å²) in [6, 6.07) is 12.0. The molecule has 1 aliphatic rings. The molecule has 1 fully saturated rings. The number of likely N-dealkylation sites (tertiary alicyclic amines) is 1. The van der Waals surface area contributed by atoms with Gasteiger partial charge in [-0.05, 0) is 49.1 Å². The summed E-state index contributed by atoms with van der Waals surface area (Å²) in [6.45, 7) is 4.63. The lowest BCUT2D eigenvalue weighted by atomic mass is 10.1. The van der Waals surface area contributed by atoms with Gasteiger partial charge in [-0.1, -0.05) is 35.5 Å². The molecule has 1 unspecified atom stereocenters. The van der Waals surface area contributed by atoms with E-state index in [1.54, 1.807) is 17.0 Å². The molecule has 0 saturated carbocycles. The molecule has 0 spiro atoms. The number of carbonyl (C=O) groups excluding carboxylic acids is 1. The first kappa shape index (κ1) is 17.4. The van der Waals surface area contributed by atoms with Gasteiger partial charge < -0.3 is 9.42 Å². The summed E-state index contributed by atoms with van der Waals surface area (Å²) in [5.41, 5.74) is 4.04. The molecule has 6 heteroatoms. The Hall–Kier alpha value is -3.02. The third kappa shape index (κ3) is 3.47. The molecule has 5 nitrogen and oxygen atoms in total. The van der Waals surface area contributed by atoms with Crippen molar-refractivity contribution in [1.29, 1.82) is 0 Å². The van der Waals surface area contributed by atoms with Crippen LogP contribution in [0.4, 0.5) is 4.39 Å². The van der Waals surface area contributed by atoms with E-state index in [-0.39, 0.29) is 17.8 Å². The first-order valence-corrected chi connectivity index (χ1v) is 8.96. The lowest BCUT2D eigenvalue weighted by Gasteiger charge is -2.22. The Morgan fingerprint density at radius 3 is 2.81 bits per heavy atom. The molecule has 0 radical (unpaired) electrons. The first-order chi connectivity index (χ1) is 13.0. The van der Waals surface area contributed by atoms with Crippen LogP contribution >= 0.6 is 0 Å². The monoisotopic (exact) mass is 365 g/mol. The Kier molecular flexibility index (Phi) is 4.48. The van der Waals surface area contributed by atoms with E-state index in [2.05, 4.69) is 36.1 Å². The predicted octanol–water partition coefficient (Wildman–Crippen LogP) is 4.36. The molecule has 1 amide bonds. The number of hydrogen-bond acceptors (Lipinski definition) is 4. The lowest BCUT2D eigenvalue weighted by molar-refractivity contribution is -0.129. The van der Waals surface area contributed by atoms with E-state index in [0.29, 0.717) is 36.7 Å². The molecule has 138 valence electrons. The molecule has 1 atom stereocenters. The van der Waals surface area contributed by atoms with Gasteiger partial charge in [0.2, 0.25) is 17.6 Å². The van der Waals surface area contributed by atoms with Gasteiger partial charge in [-0.15, -0.1) is 0 Å². The molecule has 2 heterocycles. The maximum Gasteiger partial charge on any atom is 0.249 e. The van der Waals surface area contributed by atoms with Crippen molar-refractivity contribution in [3.05, 3.63) is 70.9 Å². The molecule has 27 heavy (non-hydrogen) atoms. The van der Waals surface area contributed by atoms with Crippen molar-refractivity contribution in [2.75, 3.05) is 0 Å². The molecular weight excluding hydrogens is 345 g/mol. The fourth-order valence-electron chi connectivity index (χ4n) is 3.40. The van der Waals surface area contributed by atoms with Crippen LogP contribution in [0.2, 0.25) is 0 Å². The average Bonchev–Trinajstić information content (AvgIpc) is 3.26. The van der Waals surface area contributed by atoms with E-state index in [1.807, 2.05) is 6.07 Å². The third-order valence-electron chi connectivity index (χ3n) is 5.06. The number of aryl methyl sites for hydroxylation is 2. The lowest BCUT2D eigenvalue weighted by Crippen LogP contribution is -2.27. The minimum absolute atomic E-state index is 0.0729. The Morgan fingerprint density at radius 2 is 2.04 bits per heavy atom. The zero-order valence-electron chi connectivity index (χ0n) is 15.3. The van der Waals surface area contributed by atoms with Gasteiger partial charge in [0.15, 0.2) is 0 Å². The van der Waals surface area contributed by atoms with Gasteiger partial charge in [0.1, 0.15) is 11.9 Å². The van der Waals surface area contributed by atoms with E-state index in [0.717, 1.165) is 5.56 Å². The fraction of sp³-hybridized carbons (Fsp3) is 0.286. The Bertz CT molecular complexity index is 999. The quantitative estimate of drug-likeness (QED) is 0.689. The van der Waals surface area contributed by atoms with Gasteiger partial charge in [-0.25, -0.2) is 4.39 Å². The van der Waals surface area contributed by atoms with Crippen LogP contribution in [-0.2, 0) is 11.3 Å². The number of hydrogen-bond donors (Lipinski definition) is 0. The second kappa shape index (κ2) is 6.95. The molecule has 0 bridgehead atoms. The molecule has 2 aromatic carbocycles. The SMILES string of the molecule is Cc1ccc(CN2C(=O)CCC2c2nc(-c3cccc(F)c3)no2)cc1C. The van der Waals surface area contributed by atoms with Crippen molar-refractivity contribution in [2.45, 2.75) is 39.3 Å². The van der Waals surface area contributed by atoms with Crippen LogP contribution in [0.1, 0.15) is 41.5 Å². The molecular formula is C21H20FN3O2. The summed E-state index contributed by atoms with van der Waals surface area (Å²) in [4.78, 5) is 18.6. The Balaban J connectivity index is 1.59.